The van der Waals surface area contributed by atoms with Crippen LogP contribution in [0.4, 0.5) is 0 Å². The summed E-state index contributed by atoms with van der Waals surface area (Å²) in [7, 11) is 0. The van der Waals surface area contributed by atoms with Crippen LogP contribution in [0.1, 0.15) is 47.8 Å². The topological polar surface area (TPSA) is 38.3 Å². The van der Waals surface area contributed by atoms with E-state index in [2.05, 4.69) is 12.2 Å². The number of ether oxygens (including phenoxy) is 1. The van der Waals surface area contributed by atoms with Crippen molar-refractivity contribution in [3.63, 3.8) is 0 Å². The molecule has 2 aromatic rings. The molecule has 0 unspecified atom stereocenters. The van der Waals surface area contributed by atoms with Gasteiger partial charge < -0.3 is 10.1 Å². The number of hydrogen-bond donors (Lipinski definition) is 1. The zero-order chi connectivity index (χ0) is 15.9. The van der Waals surface area contributed by atoms with Gasteiger partial charge in [-0.1, -0.05) is 37.3 Å². The van der Waals surface area contributed by atoms with Gasteiger partial charge in [-0.05, 0) is 49.6 Å². The van der Waals surface area contributed by atoms with Crippen LogP contribution in [0.3, 0.4) is 0 Å². The Kier molecular flexibility index (Phi) is 5.59. The Labute approximate surface area is 132 Å². The van der Waals surface area contributed by atoms with Crippen molar-refractivity contribution in [2.75, 3.05) is 6.61 Å². The van der Waals surface area contributed by atoms with Gasteiger partial charge in [0.25, 0.3) is 5.91 Å². The highest BCUT2D eigenvalue weighted by Crippen LogP contribution is 2.21. The van der Waals surface area contributed by atoms with E-state index in [1.165, 1.54) is 0 Å². The standard InChI is InChI=1S/C19H23NO2/c1-4-17(15-9-7-6-8-10-15)20-19(21)16-11-12-18(22-5-2)14(3)13-16/h6-13,17H,4-5H2,1-3H3,(H,20,21)/t17-/m0/s1. The number of nitrogens with one attached hydrogen (secondary N) is 1. The molecule has 0 saturated heterocycles. The molecule has 0 aliphatic carbocycles. The molecular formula is C19H23NO2. The molecule has 116 valence electrons. The molecule has 0 saturated carbocycles. The molecule has 0 heterocycles. The number of hydrogen-bond acceptors (Lipinski definition) is 2. The molecule has 3 heteroatoms. The fourth-order valence-corrected chi connectivity index (χ4v) is 2.46. The normalized spacial score (nSPS) is 11.8. The molecule has 0 radical (unpaired) electrons. The first kappa shape index (κ1) is 16.1. The quantitative estimate of drug-likeness (QED) is 0.864. The van der Waals surface area contributed by atoms with E-state index in [4.69, 9.17) is 4.74 Å². The summed E-state index contributed by atoms with van der Waals surface area (Å²) in [4.78, 5) is 12.5. The number of amides is 1. The van der Waals surface area contributed by atoms with Gasteiger partial charge in [0.1, 0.15) is 5.75 Å². The zero-order valence-corrected chi connectivity index (χ0v) is 13.4. The second kappa shape index (κ2) is 7.64. The van der Waals surface area contributed by atoms with Crippen molar-refractivity contribution in [2.24, 2.45) is 0 Å². The van der Waals surface area contributed by atoms with E-state index in [1.807, 2.05) is 62.4 Å². The molecule has 2 aromatic carbocycles. The van der Waals surface area contributed by atoms with E-state index in [9.17, 15) is 4.79 Å². The Morgan fingerprint density at radius 3 is 2.45 bits per heavy atom. The van der Waals surface area contributed by atoms with Gasteiger partial charge >= 0.3 is 0 Å². The first-order valence-corrected chi connectivity index (χ1v) is 7.75. The fraction of sp³-hybridized carbons (Fsp3) is 0.316. The summed E-state index contributed by atoms with van der Waals surface area (Å²) >= 11 is 0. The summed E-state index contributed by atoms with van der Waals surface area (Å²) in [5.74, 6) is 0.774. The Morgan fingerprint density at radius 2 is 1.86 bits per heavy atom. The van der Waals surface area contributed by atoms with Gasteiger partial charge in [-0.2, -0.15) is 0 Å². The van der Waals surface area contributed by atoms with E-state index in [1.54, 1.807) is 0 Å². The zero-order valence-electron chi connectivity index (χ0n) is 13.4. The van der Waals surface area contributed by atoms with Crippen molar-refractivity contribution >= 4 is 5.91 Å². The van der Waals surface area contributed by atoms with Crippen molar-refractivity contribution in [3.05, 3.63) is 65.2 Å². The number of carbonyl (C=O) groups excluding carboxylic acids is 1. The number of aryl methyl sites for hydroxylation is 1. The average molecular weight is 297 g/mol. The van der Waals surface area contributed by atoms with Crippen LogP contribution in [0.5, 0.6) is 5.75 Å². The molecule has 3 nitrogen and oxygen atoms in total. The van der Waals surface area contributed by atoms with Gasteiger partial charge in [-0.3, -0.25) is 4.79 Å². The van der Waals surface area contributed by atoms with E-state index in [0.29, 0.717) is 12.2 Å². The van der Waals surface area contributed by atoms with E-state index < -0.39 is 0 Å². The van der Waals surface area contributed by atoms with E-state index >= 15 is 0 Å². The average Bonchev–Trinajstić information content (AvgIpc) is 2.55. The minimum atomic E-state index is -0.0538. The first-order chi connectivity index (χ1) is 10.7. The second-order valence-corrected chi connectivity index (χ2v) is 5.26. The monoisotopic (exact) mass is 297 g/mol. The molecule has 0 fully saturated rings. The Hall–Kier alpha value is -2.29. The third-order valence-electron chi connectivity index (χ3n) is 3.65. The highest BCUT2D eigenvalue weighted by molar-refractivity contribution is 5.94. The van der Waals surface area contributed by atoms with Crippen LogP contribution in [-0.4, -0.2) is 12.5 Å². The summed E-state index contributed by atoms with van der Waals surface area (Å²) in [5, 5.41) is 3.10. The first-order valence-electron chi connectivity index (χ1n) is 7.75. The van der Waals surface area contributed by atoms with Crippen LogP contribution >= 0.6 is 0 Å². The molecule has 1 amide bonds. The second-order valence-electron chi connectivity index (χ2n) is 5.26. The van der Waals surface area contributed by atoms with Crippen LogP contribution in [0.15, 0.2) is 48.5 Å². The minimum absolute atomic E-state index is 0.0283. The lowest BCUT2D eigenvalue weighted by atomic mass is 10.0. The van der Waals surface area contributed by atoms with Gasteiger partial charge in [0.05, 0.1) is 12.6 Å². The molecule has 22 heavy (non-hydrogen) atoms. The van der Waals surface area contributed by atoms with Crippen LogP contribution in [0.2, 0.25) is 0 Å². The lowest BCUT2D eigenvalue weighted by Crippen LogP contribution is -2.28. The third-order valence-corrected chi connectivity index (χ3v) is 3.65. The lowest BCUT2D eigenvalue weighted by Gasteiger charge is -2.18. The van der Waals surface area contributed by atoms with Gasteiger partial charge in [0.15, 0.2) is 0 Å². The van der Waals surface area contributed by atoms with Crippen molar-refractivity contribution in [3.8, 4) is 5.75 Å². The highest BCUT2D eigenvalue weighted by Gasteiger charge is 2.14. The third kappa shape index (κ3) is 3.88. The Morgan fingerprint density at radius 1 is 1.14 bits per heavy atom. The summed E-state index contributed by atoms with van der Waals surface area (Å²) in [5.41, 5.74) is 2.76. The molecule has 1 N–H and O–H groups in total. The van der Waals surface area contributed by atoms with Gasteiger partial charge in [-0.15, -0.1) is 0 Å². The summed E-state index contributed by atoms with van der Waals surface area (Å²) in [6.45, 7) is 6.60. The Bertz CT molecular complexity index is 623. The molecule has 0 aromatic heterocycles. The van der Waals surface area contributed by atoms with Crippen molar-refractivity contribution < 1.29 is 9.53 Å². The highest BCUT2D eigenvalue weighted by atomic mass is 16.5. The molecule has 0 bridgehead atoms. The van der Waals surface area contributed by atoms with E-state index in [-0.39, 0.29) is 11.9 Å². The number of carbonyl (C=O) groups is 1. The van der Waals surface area contributed by atoms with Gasteiger partial charge in [-0.25, -0.2) is 0 Å². The van der Waals surface area contributed by atoms with Gasteiger partial charge in [0, 0.05) is 5.56 Å². The van der Waals surface area contributed by atoms with Crippen LogP contribution in [0.25, 0.3) is 0 Å². The van der Waals surface area contributed by atoms with Crippen molar-refractivity contribution in [2.45, 2.75) is 33.2 Å². The lowest BCUT2D eigenvalue weighted by molar-refractivity contribution is 0.0935. The Balaban J connectivity index is 2.12. The number of rotatable bonds is 6. The van der Waals surface area contributed by atoms with E-state index in [0.717, 1.165) is 23.3 Å². The molecule has 0 aliphatic rings. The number of benzene rings is 2. The van der Waals surface area contributed by atoms with Crippen LogP contribution < -0.4 is 10.1 Å². The molecule has 0 aliphatic heterocycles. The maximum Gasteiger partial charge on any atom is 0.251 e. The summed E-state index contributed by atoms with van der Waals surface area (Å²) in [6, 6.07) is 15.6. The molecule has 2 rings (SSSR count). The predicted octanol–water partition coefficient (Wildman–Crippen LogP) is 4.27. The fourth-order valence-electron chi connectivity index (χ4n) is 2.46. The molecule has 1 atom stereocenters. The minimum Gasteiger partial charge on any atom is -0.494 e. The van der Waals surface area contributed by atoms with Crippen LogP contribution in [-0.2, 0) is 0 Å². The van der Waals surface area contributed by atoms with Crippen molar-refractivity contribution in [1.82, 2.24) is 5.32 Å². The molecule has 0 spiro atoms. The SMILES string of the molecule is CCOc1ccc(C(=O)N[C@@H](CC)c2ccccc2)cc1C. The van der Waals surface area contributed by atoms with Gasteiger partial charge in [0.2, 0.25) is 0 Å². The maximum atomic E-state index is 12.5. The smallest absolute Gasteiger partial charge is 0.251 e. The maximum absolute atomic E-state index is 12.5. The predicted molar refractivity (Wildman–Crippen MR) is 89.3 cm³/mol. The largest absolute Gasteiger partial charge is 0.494 e. The summed E-state index contributed by atoms with van der Waals surface area (Å²) in [6.07, 6.45) is 0.853. The summed E-state index contributed by atoms with van der Waals surface area (Å²) < 4.78 is 5.51. The molecular weight excluding hydrogens is 274 g/mol. The van der Waals surface area contributed by atoms with Crippen molar-refractivity contribution in [1.29, 1.82) is 0 Å². The van der Waals surface area contributed by atoms with Crippen LogP contribution in [0, 0.1) is 6.92 Å².